The SMILES string of the molecule is NCCC(=O)Nc1ccccc1NC(=O)c1ccccc1. The molecule has 0 aliphatic rings. The monoisotopic (exact) mass is 283 g/mol. The lowest BCUT2D eigenvalue weighted by Crippen LogP contribution is -2.18. The second-order valence-corrected chi connectivity index (χ2v) is 4.45. The van der Waals surface area contributed by atoms with Crippen LogP contribution in [-0.4, -0.2) is 18.4 Å². The van der Waals surface area contributed by atoms with Gasteiger partial charge in [-0.25, -0.2) is 0 Å². The fraction of sp³-hybridized carbons (Fsp3) is 0.125. The van der Waals surface area contributed by atoms with Crippen molar-refractivity contribution in [2.45, 2.75) is 6.42 Å². The molecule has 0 radical (unpaired) electrons. The molecule has 2 amide bonds. The molecule has 0 spiro atoms. The van der Waals surface area contributed by atoms with E-state index < -0.39 is 0 Å². The van der Waals surface area contributed by atoms with Crippen molar-refractivity contribution in [3.8, 4) is 0 Å². The van der Waals surface area contributed by atoms with E-state index in [9.17, 15) is 9.59 Å². The molecule has 0 saturated heterocycles. The molecule has 5 nitrogen and oxygen atoms in total. The van der Waals surface area contributed by atoms with Crippen LogP contribution >= 0.6 is 0 Å². The molecule has 0 aliphatic heterocycles. The molecule has 0 saturated carbocycles. The summed E-state index contributed by atoms with van der Waals surface area (Å²) in [5.74, 6) is -0.407. The third-order valence-electron chi connectivity index (χ3n) is 2.86. The van der Waals surface area contributed by atoms with Gasteiger partial charge in [0.05, 0.1) is 11.4 Å². The van der Waals surface area contributed by atoms with Crippen LogP contribution in [0.15, 0.2) is 54.6 Å². The lowest BCUT2D eigenvalue weighted by Gasteiger charge is -2.12. The summed E-state index contributed by atoms with van der Waals surface area (Å²) in [6.45, 7) is 0.282. The van der Waals surface area contributed by atoms with E-state index in [0.29, 0.717) is 16.9 Å². The lowest BCUT2D eigenvalue weighted by molar-refractivity contribution is -0.116. The molecular weight excluding hydrogens is 266 g/mol. The van der Waals surface area contributed by atoms with E-state index in [1.54, 1.807) is 48.5 Å². The van der Waals surface area contributed by atoms with Crippen LogP contribution in [0.5, 0.6) is 0 Å². The second kappa shape index (κ2) is 7.21. The fourth-order valence-electron chi connectivity index (χ4n) is 1.83. The maximum absolute atomic E-state index is 12.1. The van der Waals surface area contributed by atoms with E-state index in [1.165, 1.54) is 0 Å². The van der Waals surface area contributed by atoms with E-state index >= 15 is 0 Å². The zero-order valence-corrected chi connectivity index (χ0v) is 11.5. The van der Waals surface area contributed by atoms with Gasteiger partial charge in [0.15, 0.2) is 0 Å². The highest BCUT2D eigenvalue weighted by Gasteiger charge is 2.10. The number of para-hydroxylation sites is 2. The molecule has 0 bridgehead atoms. The van der Waals surface area contributed by atoms with Gasteiger partial charge in [0.2, 0.25) is 5.91 Å². The van der Waals surface area contributed by atoms with E-state index in [1.807, 2.05) is 6.07 Å². The van der Waals surface area contributed by atoms with Crippen molar-refractivity contribution in [3.05, 3.63) is 60.2 Å². The topological polar surface area (TPSA) is 84.2 Å². The Bertz CT molecular complexity index is 626. The molecule has 21 heavy (non-hydrogen) atoms. The summed E-state index contributed by atoms with van der Waals surface area (Å²) in [7, 11) is 0. The second-order valence-electron chi connectivity index (χ2n) is 4.45. The minimum absolute atomic E-state index is 0.182. The van der Waals surface area contributed by atoms with Gasteiger partial charge in [-0.1, -0.05) is 30.3 Å². The Morgan fingerprint density at radius 1 is 0.857 bits per heavy atom. The van der Waals surface area contributed by atoms with Crippen LogP contribution in [-0.2, 0) is 4.79 Å². The summed E-state index contributed by atoms with van der Waals surface area (Å²) in [4.78, 5) is 23.8. The number of carbonyl (C=O) groups is 2. The number of hydrogen-bond acceptors (Lipinski definition) is 3. The smallest absolute Gasteiger partial charge is 0.255 e. The van der Waals surface area contributed by atoms with Crippen LogP contribution < -0.4 is 16.4 Å². The van der Waals surface area contributed by atoms with Gasteiger partial charge in [0, 0.05) is 18.5 Å². The highest BCUT2D eigenvalue weighted by atomic mass is 16.2. The average molecular weight is 283 g/mol. The quantitative estimate of drug-likeness (QED) is 0.786. The van der Waals surface area contributed by atoms with Gasteiger partial charge in [0.1, 0.15) is 0 Å². The molecule has 0 heterocycles. The molecule has 0 unspecified atom stereocenters. The minimum atomic E-state index is -0.226. The highest BCUT2D eigenvalue weighted by molar-refractivity contribution is 6.07. The molecule has 108 valence electrons. The van der Waals surface area contributed by atoms with Gasteiger partial charge >= 0.3 is 0 Å². The Labute approximate surface area is 123 Å². The van der Waals surface area contributed by atoms with Crippen molar-refractivity contribution in [2.24, 2.45) is 5.73 Å². The molecule has 2 rings (SSSR count). The predicted molar refractivity (Wildman–Crippen MR) is 83.1 cm³/mol. The first kappa shape index (κ1) is 14.7. The van der Waals surface area contributed by atoms with E-state index in [0.717, 1.165) is 0 Å². The Kier molecular flexibility index (Phi) is 5.06. The van der Waals surface area contributed by atoms with E-state index in [-0.39, 0.29) is 24.8 Å². The summed E-state index contributed by atoms with van der Waals surface area (Å²) >= 11 is 0. The summed E-state index contributed by atoms with van der Waals surface area (Å²) in [6.07, 6.45) is 0.237. The first-order chi connectivity index (χ1) is 10.2. The van der Waals surface area contributed by atoms with Crippen LogP contribution in [0.2, 0.25) is 0 Å². The van der Waals surface area contributed by atoms with Crippen LogP contribution in [0.1, 0.15) is 16.8 Å². The predicted octanol–water partition coefficient (Wildman–Crippen LogP) is 2.23. The van der Waals surface area contributed by atoms with E-state index in [2.05, 4.69) is 10.6 Å². The van der Waals surface area contributed by atoms with Crippen molar-refractivity contribution >= 4 is 23.2 Å². The number of anilines is 2. The third kappa shape index (κ3) is 4.15. The first-order valence-electron chi connectivity index (χ1n) is 6.66. The van der Waals surface area contributed by atoms with Gasteiger partial charge in [-0.2, -0.15) is 0 Å². The Hall–Kier alpha value is -2.66. The number of benzene rings is 2. The van der Waals surface area contributed by atoms with Gasteiger partial charge in [-0.3, -0.25) is 9.59 Å². The number of nitrogens with one attached hydrogen (secondary N) is 2. The number of rotatable bonds is 5. The van der Waals surface area contributed by atoms with Crippen LogP contribution in [0.25, 0.3) is 0 Å². The van der Waals surface area contributed by atoms with Crippen LogP contribution in [0, 0.1) is 0 Å². The number of amides is 2. The van der Waals surface area contributed by atoms with Crippen molar-refractivity contribution in [3.63, 3.8) is 0 Å². The molecule has 4 N–H and O–H groups in total. The summed E-state index contributed by atoms with van der Waals surface area (Å²) in [5, 5.41) is 5.52. The summed E-state index contributed by atoms with van der Waals surface area (Å²) in [6, 6.07) is 15.9. The van der Waals surface area contributed by atoms with Crippen LogP contribution in [0.3, 0.4) is 0 Å². The van der Waals surface area contributed by atoms with Crippen molar-refractivity contribution in [2.75, 3.05) is 17.2 Å². The number of hydrogen-bond donors (Lipinski definition) is 3. The number of nitrogens with two attached hydrogens (primary N) is 1. The summed E-state index contributed by atoms with van der Waals surface area (Å²) in [5.41, 5.74) is 7.01. The van der Waals surface area contributed by atoms with Gasteiger partial charge in [0.25, 0.3) is 5.91 Å². The van der Waals surface area contributed by atoms with Crippen molar-refractivity contribution in [1.29, 1.82) is 0 Å². The Morgan fingerprint density at radius 3 is 2.05 bits per heavy atom. The van der Waals surface area contributed by atoms with Gasteiger partial charge in [-0.05, 0) is 24.3 Å². The maximum atomic E-state index is 12.1. The van der Waals surface area contributed by atoms with Gasteiger partial charge < -0.3 is 16.4 Å². The molecule has 0 fully saturated rings. The van der Waals surface area contributed by atoms with E-state index in [4.69, 9.17) is 5.73 Å². The van der Waals surface area contributed by atoms with Gasteiger partial charge in [-0.15, -0.1) is 0 Å². The maximum Gasteiger partial charge on any atom is 0.255 e. The minimum Gasteiger partial charge on any atom is -0.330 e. The number of carbonyl (C=O) groups excluding carboxylic acids is 2. The zero-order valence-electron chi connectivity index (χ0n) is 11.5. The Balaban J connectivity index is 2.13. The molecule has 2 aromatic carbocycles. The first-order valence-corrected chi connectivity index (χ1v) is 6.66. The Morgan fingerprint density at radius 2 is 1.43 bits per heavy atom. The van der Waals surface area contributed by atoms with Crippen LogP contribution in [0.4, 0.5) is 11.4 Å². The molecule has 5 heteroatoms. The molecular formula is C16H17N3O2. The molecule has 0 aliphatic carbocycles. The molecule has 0 atom stereocenters. The fourth-order valence-corrected chi connectivity index (χ4v) is 1.83. The largest absolute Gasteiger partial charge is 0.330 e. The third-order valence-corrected chi connectivity index (χ3v) is 2.86. The summed E-state index contributed by atoms with van der Waals surface area (Å²) < 4.78 is 0. The lowest BCUT2D eigenvalue weighted by atomic mass is 10.2. The molecule has 2 aromatic rings. The zero-order chi connectivity index (χ0) is 15.1. The average Bonchev–Trinajstić information content (AvgIpc) is 2.50. The normalized spacial score (nSPS) is 9.95. The standard InChI is InChI=1S/C16H17N3O2/c17-11-10-15(20)18-13-8-4-5-9-14(13)19-16(21)12-6-2-1-3-7-12/h1-9H,10-11,17H2,(H,18,20)(H,19,21). The molecule has 0 aromatic heterocycles. The van der Waals surface area contributed by atoms with Crippen molar-refractivity contribution < 1.29 is 9.59 Å². The van der Waals surface area contributed by atoms with Crippen molar-refractivity contribution in [1.82, 2.24) is 0 Å². The highest BCUT2D eigenvalue weighted by Crippen LogP contribution is 2.21.